The molecule has 0 saturated carbocycles. The predicted molar refractivity (Wildman–Crippen MR) is 82.0 cm³/mol. The van der Waals surface area contributed by atoms with Crippen molar-refractivity contribution < 1.29 is 17.9 Å². The molecule has 0 unspecified atom stereocenters. The highest BCUT2D eigenvalue weighted by molar-refractivity contribution is 9.10. The van der Waals surface area contributed by atoms with Crippen LogP contribution in [0.15, 0.2) is 45.8 Å². The van der Waals surface area contributed by atoms with Crippen molar-refractivity contribution in [2.45, 2.75) is 18.4 Å². The van der Waals surface area contributed by atoms with Crippen LogP contribution in [-0.4, -0.2) is 13.5 Å². The number of sulfonamides is 1. The first-order valence-electron chi connectivity index (χ1n) is 6.02. The van der Waals surface area contributed by atoms with Crippen LogP contribution in [0.3, 0.4) is 0 Å². The molecule has 0 saturated heterocycles. The lowest BCUT2D eigenvalue weighted by Crippen LogP contribution is -2.15. The molecule has 0 fully saturated rings. The van der Waals surface area contributed by atoms with Crippen molar-refractivity contribution in [3.63, 3.8) is 0 Å². The maximum atomic E-state index is 13.8. The molecule has 0 aliphatic carbocycles. The van der Waals surface area contributed by atoms with Crippen molar-refractivity contribution in [2.24, 2.45) is 0 Å². The zero-order valence-electron chi connectivity index (χ0n) is 11.1. The summed E-state index contributed by atoms with van der Waals surface area (Å²) in [5, 5.41) is 9.05. The lowest BCUT2D eigenvalue weighted by molar-refractivity contribution is 0.281. The first-order chi connectivity index (χ1) is 9.85. The Balaban J connectivity index is 2.46. The van der Waals surface area contributed by atoms with Gasteiger partial charge in [-0.15, -0.1) is 0 Å². The van der Waals surface area contributed by atoms with Gasteiger partial charge < -0.3 is 5.11 Å². The summed E-state index contributed by atoms with van der Waals surface area (Å²) in [6.07, 6.45) is 0. The van der Waals surface area contributed by atoms with E-state index in [4.69, 9.17) is 5.11 Å². The minimum absolute atomic E-state index is 0.322. The third kappa shape index (κ3) is 3.42. The topological polar surface area (TPSA) is 66.4 Å². The zero-order chi connectivity index (χ0) is 15.6. The highest BCUT2D eigenvalue weighted by Gasteiger charge is 2.20. The molecule has 7 heteroatoms. The van der Waals surface area contributed by atoms with Crippen LogP contribution in [0.1, 0.15) is 11.1 Å². The van der Waals surface area contributed by atoms with E-state index in [2.05, 4.69) is 20.7 Å². The molecule has 21 heavy (non-hydrogen) atoms. The highest BCUT2D eigenvalue weighted by Crippen LogP contribution is 2.26. The number of aliphatic hydroxyl groups excluding tert-OH is 1. The second-order valence-corrected chi connectivity index (χ2v) is 6.95. The lowest BCUT2D eigenvalue weighted by Gasteiger charge is -2.12. The van der Waals surface area contributed by atoms with Crippen LogP contribution < -0.4 is 4.72 Å². The largest absolute Gasteiger partial charge is 0.392 e. The van der Waals surface area contributed by atoms with Crippen molar-refractivity contribution in [2.75, 3.05) is 4.72 Å². The zero-order valence-corrected chi connectivity index (χ0v) is 13.5. The second kappa shape index (κ2) is 6.13. The van der Waals surface area contributed by atoms with Gasteiger partial charge in [-0.3, -0.25) is 4.72 Å². The van der Waals surface area contributed by atoms with Crippen LogP contribution in [0.25, 0.3) is 0 Å². The van der Waals surface area contributed by atoms with Gasteiger partial charge in [-0.1, -0.05) is 28.1 Å². The van der Waals surface area contributed by atoms with Gasteiger partial charge in [-0.25, -0.2) is 12.8 Å². The molecule has 0 aliphatic heterocycles. The normalized spacial score (nSPS) is 11.4. The predicted octanol–water partition coefficient (Wildman–Crippen LogP) is 3.19. The Bertz CT molecular complexity index is 778. The van der Waals surface area contributed by atoms with Crippen LogP contribution in [-0.2, 0) is 16.6 Å². The fourth-order valence-corrected chi connectivity index (χ4v) is 3.39. The number of benzene rings is 2. The molecule has 0 aliphatic rings. The molecule has 0 atom stereocenters. The lowest BCUT2D eigenvalue weighted by atomic mass is 10.2. The van der Waals surface area contributed by atoms with E-state index in [1.807, 2.05) is 0 Å². The average molecular weight is 374 g/mol. The van der Waals surface area contributed by atoms with Crippen molar-refractivity contribution in [3.05, 3.63) is 57.8 Å². The molecular formula is C14H13BrFNO3S. The monoisotopic (exact) mass is 373 g/mol. The summed E-state index contributed by atoms with van der Waals surface area (Å²) in [5.74, 6) is -0.868. The van der Waals surface area contributed by atoms with Crippen molar-refractivity contribution >= 4 is 31.6 Å². The third-order valence-electron chi connectivity index (χ3n) is 2.98. The maximum absolute atomic E-state index is 13.8. The molecule has 112 valence electrons. The molecule has 2 rings (SSSR count). The summed E-state index contributed by atoms with van der Waals surface area (Å²) in [5.41, 5.74) is 1.38. The van der Waals surface area contributed by atoms with Crippen LogP contribution >= 0.6 is 15.9 Å². The van der Waals surface area contributed by atoms with Crippen LogP contribution in [0.4, 0.5) is 10.1 Å². The smallest absolute Gasteiger partial charge is 0.264 e. The molecule has 2 aromatic carbocycles. The second-order valence-electron chi connectivity index (χ2n) is 4.44. The molecule has 2 aromatic rings. The number of anilines is 1. The van der Waals surface area contributed by atoms with E-state index >= 15 is 0 Å². The summed E-state index contributed by atoms with van der Waals surface area (Å²) in [7, 11) is -4.07. The van der Waals surface area contributed by atoms with E-state index < -0.39 is 20.7 Å². The number of aliphatic hydroxyl groups is 1. The minimum atomic E-state index is -4.07. The van der Waals surface area contributed by atoms with E-state index in [1.165, 1.54) is 6.07 Å². The molecule has 0 aromatic heterocycles. The Morgan fingerprint density at radius 3 is 2.67 bits per heavy atom. The Kier molecular flexibility index (Phi) is 4.65. The summed E-state index contributed by atoms with van der Waals surface area (Å²) < 4.78 is 41.5. The van der Waals surface area contributed by atoms with E-state index in [9.17, 15) is 12.8 Å². The number of halogens is 2. The molecule has 2 N–H and O–H groups in total. The van der Waals surface area contributed by atoms with Gasteiger partial charge in [-0.2, -0.15) is 0 Å². The van der Waals surface area contributed by atoms with Gasteiger partial charge >= 0.3 is 0 Å². The molecule has 0 amide bonds. The van der Waals surface area contributed by atoms with Crippen LogP contribution in [0.2, 0.25) is 0 Å². The first kappa shape index (κ1) is 15.9. The van der Waals surface area contributed by atoms with E-state index in [0.29, 0.717) is 16.8 Å². The highest BCUT2D eigenvalue weighted by atomic mass is 79.9. The Hall–Kier alpha value is -1.44. The maximum Gasteiger partial charge on any atom is 0.264 e. The molecule has 0 bridgehead atoms. The van der Waals surface area contributed by atoms with Gasteiger partial charge in [0.05, 0.1) is 12.3 Å². The summed E-state index contributed by atoms with van der Waals surface area (Å²) in [6.45, 7) is 1.38. The third-order valence-corrected chi connectivity index (χ3v) is 5.22. The molecule has 0 spiro atoms. The SMILES string of the molecule is Cc1c(Br)cccc1NS(=O)(=O)c1cc(CO)ccc1F. The Morgan fingerprint density at radius 1 is 1.29 bits per heavy atom. The van der Waals surface area contributed by atoms with Gasteiger partial charge in [0.2, 0.25) is 0 Å². The number of hydrogen-bond acceptors (Lipinski definition) is 3. The van der Waals surface area contributed by atoms with Gasteiger partial charge in [0.1, 0.15) is 10.7 Å². The summed E-state index contributed by atoms with van der Waals surface area (Å²) >= 11 is 3.31. The Morgan fingerprint density at radius 2 is 2.00 bits per heavy atom. The molecule has 4 nitrogen and oxygen atoms in total. The molecule has 0 radical (unpaired) electrons. The number of hydrogen-bond donors (Lipinski definition) is 2. The summed E-state index contributed by atoms with van der Waals surface area (Å²) in [6, 6.07) is 8.51. The van der Waals surface area contributed by atoms with Crippen molar-refractivity contribution in [1.29, 1.82) is 0 Å². The van der Waals surface area contributed by atoms with Gasteiger partial charge in [0, 0.05) is 4.47 Å². The van der Waals surface area contributed by atoms with Crippen molar-refractivity contribution in [1.82, 2.24) is 0 Å². The van der Waals surface area contributed by atoms with E-state index in [-0.39, 0.29) is 6.61 Å². The van der Waals surface area contributed by atoms with Crippen LogP contribution in [0, 0.1) is 12.7 Å². The summed E-state index contributed by atoms with van der Waals surface area (Å²) in [4.78, 5) is -0.492. The minimum Gasteiger partial charge on any atom is -0.392 e. The number of rotatable bonds is 4. The fourth-order valence-electron chi connectivity index (χ4n) is 1.77. The van der Waals surface area contributed by atoms with Gasteiger partial charge in [0.15, 0.2) is 0 Å². The van der Waals surface area contributed by atoms with E-state index in [1.54, 1.807) is 25.1 Å². The van der Waals surface area contributed by atoms with E-state index in [0.717, 1.165) is 16.6 Å². The quantitative estimate of drug-likeness (QED) is 0.864. The fraction of sp³-hybridized carbons (Fsp3) is 0.143. The average Bonchev–Trinajstić information content (AvgIpc) is 2.44. The molecular weight excluding hydrogens is 361 g/mol. The standard InChI is InChI=1S/C14H13BrFNO3S/c1-9-11(15)3-2-4-13(9)17-21(19,20)14-7-10(8-18)5-6-12(14)16/h2-7,17-18H,8H2,1H3. The van der Waals surface area contributed by atoms with Crippen molar-refractivity contribution in [3.8, 4) is 0 Å². The number of nitrogens with one attached hydrogen (secondary N) is 1. The van der Waals surface area contributed by atoms with Gasteiger partial charge in [-0.05, 0) is 42.3 Å². The first-order valence-corrected chi connectivity index (χ1v) is 8.30. The Labute approximate surface area is 130 Å². The van der Waals surface area contributed by atoms with Gasteiger partial charge in [0.25, 0.3) is 10.0 Å². The molecule has 0 heterocycles. The van der Waals surface area contributed by atoms with Crippen LogP contribution in [0.5, 0.6) is 0 Å².